The van der Waals surface area contributed by atoms with E-state index in [1.54, 1.807) is 0 Å². The van der Waals surface area contributed by atoms with E-state index in [-0.39, 0.29) is 5.91 Å². The van der Waals surface area contributed by atoms with Crippen molar-refractivity contribution in [3.63, 3.8) is 0 Å². The van der Waals surface area contributed by atoms with Crippen LogP contribution in [0.1, 0.15) is 15.6 Å². The molecule has 0 saturated carbocycles. The number of benzene rings is 1. The monoisotopic (exact) mass is 356 g/mol. The Labute approximate surface area is 150 Å². The highest BCUT2D eigenvalue weighted by atomic mass is 32.1. The Morgan fingerprint density at radius 2 is 1.96 bits per heavy atom. The zero-order valence-corrected chi connectivity index (χ0v) is 15.2. The zero-order valence-electron chi connectivity index (χ0n) is 14.4. The first kappa shape index (κ1) is 17.1. The second-order valence-electron chi connectivity index (χ2n) is 5.72. The number of rotatable bonds is 6. The van der Waals surface area contributed by atoms with E-state index in [4.69, 9.17) is 0 Å². The first-order chi connectivity index (χ1) is 12.0. The number of hydrogen-bond donors (Lipinski definition) is 2. The first-order valence-corrected chi connectivity index (χ1v) is 8.75. The van der Waals surface area contributed by atoms with Gasteiger partial charge in [-0.05, 0) is 19.1 Å². The van der Waals surface area contributed by atoms with Gasteiger partial charge in [0, 0.05) is 33.3 Å². The summed E-state index contributed by atoms with van der Waals surface area (Å²) in [5.41, 5.74) is 0.850. The minimum atomic E-state index is -0.157. The molecule has 0 bridgehead atoms. The summed E-state index contributed by atoms with van der Waals surface area (Å²) in [4.78, 5) is 27.2. The van der Waals surface area contributed by atoms with Crippen LogP contribution in [0.2, 0.25) is 0 Å². The van der Waals surface area contributed by atoms with E-state index in [1.807, 2.05) is 56.3 Å². The van der Waals surface area contributed by atoms with Crippen molar-refractivity contribution < 1.29 is 4.79 Å². The van der Waals surface area contributed by atoms with E-state index in [9.17, 15) is 4.79 Å². The molecule has 0 fully saturated rings. The lowest BCUT2D eigenvalue weighted by molar-refractivity contribution is 0.0955. The smallest absolute Gasteiger partial charge is 0.280 e. The second-order valence-corrected chi connectivity index (χ2v) is 6.75. The van der Waals surface area contributed by atoms with Crippen LogP contribution in [0.3, 0.4) is 0 Å². The Hall–Kier alpha value is -2.74. The van der Waals surface area contributed by atoms with Gasteiger partial charge in [-0.2, -0.15) is 0 Å². The number of carbonyl (C=O) groups is 1. The van der Waals surface area contributed by atoms with E-state index in [1.165, 1.54) is 11.3 Å². The number of nitrogens with zero attached hydrogens (tertiary/aromatic N) is 4. The maximum atomic E-state index is 12.2. The summed E-state index contributed by atoms with van der Waals surface area (Å²) >= 11 is 1.40. The van der Waals surface area contributed by atoms with Gasteiger partial charge in [-0.25, -0.2) is 15.0 Å². The Morgan fingerprint density at radius 1 is 1.16 bits per heavy atom. The van der Waals surface area contributed by atoms with Gasteiger partial charge in [0.1, 0.15) is 17.5 Å². The van der Waals surface area contributed by atoms with Gasteiger partial charge < -0.3 is 15.5 Å². The van der Waals surface area contributed by atoms with Crippen LogP contribution in [0.5, 0.6) is 0 Å². The van der Waals surface area contributed by atoms with Gasteiger partial charge >= 0.3 is 0 Å². The highest BCUT2D eigenvalue weighted by Crippen LogP contribution is 2.21. The average Bonchev–Trinajstić information content (AvgIpc) is 3.02. The molecule has 0 saturated heterocycles. The number of anilines is 2. The van der Waals surface area contributed by atoms with Crippen LogP contribution in [-0.4, -0.2) is 48.0 Å². The number of hydrogen-bond acceptors (Lipinski definition) is 7. The fourth-order valence-electron chi connectivity index (χ4n) is 2.28. The van der Waals surface area contributed by atoms with E-state index in [0.717, 1.165) is 21.9 Å². The topological polar surface area (TPSA) is 83.0 Å². The van der Waals surface area contributed by atoms with E-state index >= 15 is 0 Å². The summed E-state index contributed by atoms with van der Waals surface area (Å²) < 4.78 is 1.01. The van der Waals surface area contributed by atoms with Gasteiger partial charge in [-0.15, -0.1) is 11.3 Å². The molecule has 3 rings (SSSR count). The Balaban J connectivity index is 1.53. The molecule has 0 spiro atoms. The normalized spacial score (nSPS) is 10.7. The molecule has 0 atom stereocenters. The molecule has 0 unspecified atom stereocenters. The van der Waals surface area contributed by atoms with E-state index in [0.29, 0.717) is 23.9 Å². The Kier molecular flexibility index (Phi) is 5.08. The number of aromatic nitrogens is 3. The maximum absolute atomic E-state index is 12.2. The summed E-state index contributed by atoms with van der Waals surface area (Å²) in [6.45, 7) is 2.90. The molecule has 2 heterocycles. The second kappa shape index (κ2) is 7.43. The van der Waals surface area contributed by atoms with Crippen molar-refractivity contribution in [2.45, 2.75) is 6.92 Å². The summed E-state index contributed by atoms with van der Waals surface area (Å²) in [6.07, 6.45) is 0. The average molecular weight is 356 g/mol. The Morgan fingerprint density at radius 3 is 2.72 bits per heavy atom. The third-order valence-electron chi connectivity index (χ3n) is 3.49. The van der Waals surface area contributed by atoms with Crippen LogP contribution in [0.4, 0.5) is 11.6 Å². The molecule has 2 aromatic heterocycles. The molecular formula is C17H20N6OS. The number of nitrogens with one attached hydrogen (secondary N) is 2. The van der Waals surface area contributed by atoms with Crippen LogP contribution in [0, 0.1) is 6.92 Å². The Bertz CT molecular complexity index is 859. The van der Waals surface area contributed by atoms with Gasteiger partial charge in [0.05, 0.1) is 10.2 Å². The lowest BCUT2D eigenvalue weighted by atomic mass is 10.3. The van der Waals surface area contributed by atoms with Gasteiger partial charge in [0.2, 0.25) is 0 Å². The predicted molar refractivity (Wildman–Crippen MR) is 102 cm³/mol. The van der Waals surface area contributed by atoms with Crippen molar-refractivity contribution >= 4 is 39.1 Å². The third kappa shape index (κ3) is 4.21. The zero-order chi connectivity index (χ0) is 17.8. The van der Waals surface area contributed by atoms with Crippen LogP contribution in [0.25, 0.3) is 10.2 Å². The number of amides is 1. The highest BCUT2D eigenvalue weighted by Gasteiger charge is 2.11. The molecule has 8 heteroatoms. The van der Waals surface area contributed by atoms with Crippen LogP contribution in [0.15, 0.2) is 30.3 Å². The quantitative estimate of drug-likeness (QED) is 0.660. The van der Waals surface area contributed by atoms with Gasteiger partial charge in [0.25, 0.3) is 5.91 Å². The van der Waals surface area contributed by atoms with Crippen LogP contribution < -0.4 is 15.5 Å². The number of fused-ring (bicyclic) bond motifs is 1. The largest absolute Gasteiger partial charge is 0.368 e. The number of aryl methyl sites for hydroxylation is 1. The molecule has 0 aliphatic rings. The SMILES string of the molecule is Cc1nc(NCCNC(=O)c2nc3ccccc3s2)cc(N(C)C)n1. The standard InChI is InChI=1S/C17H20N6OS/c1-11-20-14(10-15(21-11)23(2)3)18-8-9-19-16(24)17-22-12-6-4-5-7-13(12)25-17/h4-7,10H,8-9H2,1-3H3,(H,19,24)(H,18,20,21). The molecule has 0 radical (unpaired) electrons. The highest BCUT2D eigenvalue weighted by molar-refractivity contribution is 7.20. The van der Waals surface area contributed by atoms with Crippen molar-refractivity contribution in [2.75, 3.05) is 37.4 Å². The summed E-state index contributed by atoms with van der Waals surface area (Å²) in [6, 6.07) is 9.61. The van der Waals surface area contributed by atoms with Crippen molar-refractivity contribution in [1.29, 1.82) is 0 Å². The van der Waals surface area contributed by atoms with Crippen molar-refractivity contribution in [1.82, 2.24) is 20.3 Å². The van der Waals surface area contributed by atoms with Gasteiger partial charge in [-0.1, -0.05) is 12.1 Å². The molecule has 130 valence electrons. The predicted octanol–water partition coefficient (Wildman–Crippen LogP) is 2.30. The molecule has 7 nitrogen and oxygen atoms in total. The fourth-order valence-corrected chi connectivity index (χ4v) is 3.17. The van der Waals surface area contributed by atoms with Gasteiger partial charge in [-0.3, -0.25) is 4.79 Å². The number of para-hydroxylation sites is 1. The molecule has 2 N–H and O–H groups in total. The molecule has 0 aliphatic carbocycles. The lowest BCUT2D eigenvalue weighted by Gasteiger charge is -2.14. The minimum Gasteiger partial charge on any atom is -0.368 e. The third-order valence-corrected chi connectivity index (χ3v) is 4.52. The van der Waals surface area contributed by atoms with Gasteiger partial charge in [0.15, 0.2) is 5.01 Å². The first-order valence-electron chi connectivity index (χ1n) is 7.93. The van der Waals surface area contributed by atoms with Crippen LogP contribution >= 0.6 is 11.3 Å². The van der Waals surface area contributed by atoms with Crippen molar-refractivity contribution in [3.8, 4) is 0 Å². The van der Waals surface area contributed by atoms with E-state index < -0.39 is 0 Å². The number of thiazole rings is 1. The number of carbonyl (C=O) groups excluding carboxylic acids is 1. The lowest BCUT2D eigenvalue weighted by Crippen LogP contribution is -2.28. The summed E-state index contributed by atoms with van der Waals surface area (Å²) in [7, 11) is 3.87. The molecule has 1 amide bonds. The van der Waals surface area contributed by atoms with Crippen LogP contribution in [-0.2, 0) is 0 Å². The summed E-state index contributed by atoms with van der Waals surface area (Å²) in [5, 5.41) is 6.56. The molecule has 0 aliphatic heterocycles. The minimum absolute atomic E-state index is 0.157. The molecular weight excluding hydrogens is 336 g/mol. The summed E-state index contributed by atoms with van der Waals surface area (Å²) in [5.74, 6) is 2.13. The van der Waals surface area contributed by atoms with E-state index in [2.05, 4.69) is 25.6 Å². The molecule has 3 aromatic rings. The fraction of sp³-hybridized carbons (Fsp3) is 0.294. The maximum Gasteiger partial charge on any atom is 0.280 e. The van der Waals surface area contributed by atoms with Crippen molar-refractivity contribution in [3.05, 3.63) is 41.2 Å². The molecule has 1 aromatic carbocycles. The van der Waals surface area contributed by atoms with Crippen molar-refractivity contribution in [2.24, 2.45) is 0 Å². The molecule has 25 heavy (non-hydrogen) atoms.